The third-order valence-corrected chi connectivity index (χ3v) is 16.7. The molecule has 246 valence electrons. The summed E-state index contributed by atoms with van der Waals surface area (Å²) in [6, 6.07) is 0.464. The monoisotopic (exact) mass is 595 g/mol. The summed E-state index contributed by atoms with van der Waals surface area (Å²) in [4.78, 5) is 20.4. The summed E-state index contributed by atoms with van der Waals surface area (Å²) in [5.41, 5.74) is 1.47. The van der Waals surface area contributed by atoms with Crippen LogP contribution in [0.25, 0.3) is 0 Å². The van der Waals surface area contributed by atoms with E-state index in [-0.39, 0.29) is 5.41 Å². The lowest BCUT2D eigenvalue weighted by atomic mass is 9.36. The molecular weight excluding hydrogens is 524 g/mol. The zero-order valence-electron chi connectivity index (χ0n) is 29.9. The maximum absolute atomic E-state index is 15.2. The summed E-state index contributed by atoms with van der Waals surface area (Å²) < 4.78 is 0. The van der Waals surface area contributed by atoms with Crippen LogP contribution in [0.1, 0.15) is 158 Å². The van der Waals surface area contributed by atoms with Crippen LogP contribution in [0.2, 0.25) is 0 Å². The zero-order valence-corrected chi connectivity index (χ0v) is 29.9. The van der Waals surface area contributed by atoms with Crippen molar-refractivity contribution >= 4 is 5.91 Å². The topological polar surface area (TPSA) is 23.6 Å². The van der Waals surface area contributed by atoms with Crippen molar-refractivity contribution in [2.75, 3.05) is 26.2 Å². The van der Waals surface area contributed by atoms with E-state index >= 15 is 4.79 Å². The van der Waals surface area contributed by atoms with Gasteiger partial charge in [-0.3, -0.25) is 4.79 Å². The van der Waals surface area contributed by atoms with Gasteiger partial charge in [0.25, 0.3) is 0 Å². The summed E-state index contributed by atoms with van der Waals surface area (Å²) in [7, 11) is 0. The van der Waals surface area contributed by atoms with Crippen LogP contribution in [-0.2, 0) is 4.79 Å². The molecule has 6 aliphatic rings. The van der Waals surface area contributed by atoms with Gasteiger partial charge in [-0.1, -0.05) is 68.2 Å². The molecule has 4 aliphatic carbocycles. The average Bonchev–Trinajstić information content (AvgIpc) is 3.40. The molecule has 1 amide bonds. The van der Waals surface area contributed by atoms with Crippen molar-refractivity contribution in [2.24, 2.45) is 56.7 Å². The minimum atomic E-state index is -0.0842. The molecule has 2 heterocycles. The maximum atomic E-state index is 15.2. The normalized spacial score (nSPS) is 43.9. The van der Waals surface area contributed by atoms with E-state index in [0.29, 0.717) is 51.4 Å². The maximum Gasteiger partial charge on any atom is 0.229 e. The van der Waals surface area contributed by atoms with Gasteiger partial charge in [0.2, 0.25) is 5.91 Å². The molecule has 0 N–H and O–H groups in total. The van der Waals surface area contributed by atoms with Gasteiger partial charge in [0.1, 0.15) is 0 Å². The number of hydrogen-bond acceptors (Lipinski definition) is 2. The van der Waals surface area contributed by atoms with Crippen LogP contribution < -0.4 is 0 Å². The van der Waals surface area contributed by atoms with Gasteiger partial charge >= 0.3 is 0 Å². The third kappa shape index (κ3) is 4.92. The third-order valence-electron chi connectivity index (χ3n) is 16.7. The molecule has 43 heavy (non-hydrogen) atoms. The van der Waals surface area contributed by atoms with Crippen LogP contribution in [0, 0.1) is 56.7 Å². The van der Waals surface area contributed by atoms with Crippen LogP contribution in [0.3, 0.4) is 0 Å². The number of unbranched alkanes of at least 4 members (excludes halogenated alkanes) is 1. The minimum absolute atomic E-state index is 0.0842. The van der Waals surface area contributed by atoms with Crippen LogP contribution in [-0.4, -0.2) is 47.9 Å². The highest BCUT2D eigenvalue weighted by molar-refractivity contribution is 5.84. The molecule has 2 aliphatic heterocycles. The fourth-order valence-electron chi connectivity index (χ4n) is 13.1. The molecule has 2 saturated heterocycles. The zero-order chi connectivity index (χ0) is 30.8. The van der Waals surface area contributed by atoms with Crippen molar-refractivity contribution in [1.29, 1.82) is 0 Å². The molecule has 0 radical (unpaired) electrons. The Morgan fingerprint density at radius 1 is 0.860 bits per heavy atom. The molecule has 9 atom stereocenters. The van der Waals surface area contributed by atoms with E-state index in [2.05, 4.69) is 65.2 Å². The van der Waals surface area contributed by atoms with Crippen molar-refractivity contribution in [1.82, 2.24) is 9.80 Å². The number of rotatable bonds is 10. The largest absolute Gasteiger partial charge is 0.338 e. The van der Waals surface area contributed by atoms with E-state index in [9.17, 15) is 0 Å². The van der Waals surface area contributed by atoms with Crippen molar-refractivity contribution in [2.45, 2.75) is 164 Å². The van der Waals surface area contributed by atoms with Crippen molar-refractivity contribution in [3.05, 3.63) is 0 Å². The number of likely N-dealkylation sites (tertiary alicyclic amines) is 2. The second-order valence-electron chi connectivity index (χ2n) is 18.5. The molecular formula is C40H70N2O. The molecule has 3 heteroatoms. The standard InChI is InChI=1S/C40H70N2O/c1-9-11-19-37(6,29(3)4)33-17-16-32-34-31(36(5)21-22-36)18-20-40(34,24-23-39(32,8)38(33,7)10-2)35(43)42-27-14-15-30(42)28-41-25-12-13-26-41/h29-34H,9-28H2,1-8H3/t30-,31+,32+,33+,34+,37-,38+,39+,40-/m0/s1. The highest BCUT2D eigenvalue weighted by Gasteiger charge is 2.71. The van der Waals surface area contributed by atoms with E-state index < -0.39 is 0 Å². The van der Waals surface area contributed by atoms with Gasteiger partial charge in [0, 0.05) is 19.1 Å². The van der Waals surface area contributed by atoms with E-state index in [0.717, 1.165) is 24.9 Å². The second-order valence-corrected chi connectivity index (χ2v) is 18.5. The first-order valence-corrected chi connectivity index (χ1v) is 19.4. The Kier molecular flexibility index (Phi) is 8.73. The first-order chi connectivity index (χ1) is 20.4. The van der Waals surface area contributed by atoms with Gasteiger partial charge in [-0.15, -0.1) is 0 Å². The Bertz CT molecular complexity index is 1010. The number of amides is 1. The number of carbonyl (C=O) groups is 1. The molecule has 0 aromatic carbocycles. The fourth-order valence-corrected chi connectivity index (χ4v) is 13.1. The van der Waals surface area contributed by atoms with E-state index in [1.165, 1.54) is 116 Å². The summed E-state index contributed by atoms with van der Waals surface area (Å²) in [5.74, 6) is 4.19. The van der Waals surface area contributed by atoms with Crippen molar-refractivity contribution in [3.8, 4) is 0 Å². The van der Waals surface area contributed by atoms with Crippen LogP contribution >= 0.6 is 0 Å². The first-order valence-electron chi connectivity index (χ1n) is 19.4. The fraction of sp³-hybridized carbons (Fsp3) is 0.975. The number of fused-ring (bicyclic) bond motifs is 3. The number of nitrogens with zero attached hydrogens (tertiary/aromatic N) is 2. The van der Waals surface area contributed by atoms with Crippen LogP contribution in [0.4, 0.5) is 0 Å². The summed E-state index contributed by atoms with van der Waals surface area (Å²) >= 11 is 0. The number of hydrogen-bond donors (Lipinski definition) is 0. The predicted molar refractivity (Wildman–Crippen MR) is 181 cm³/mol. The highest BCUT2D eigenvalue weighted by Crippen LogP contribution is 2.76. The highest BCUT2D eigenvalue weighted by atomic mass is 16.2. The van der Waals surface area contributed by atoms with Gasteiger partial charge < -0.3 is 9.80 Å². The van der Waals surface area contributed by atoms with Crippen LogP contribution in [0.15, 0.2) is 0 Å². The Balaban J connectivity index is 1.35. The van der Waals surface area contributed by atoms with E-state index in [1.807, 2.05) is 0 Å². The van der Waals surface area contributed by atoms with E-state index in [4.69, 9.17) is 0 Å². The molecule has 3 nitrogen and oxygen atoms in total. The molecule has 0 unspecified atom stereocenters. The molecule has 0 aromatic rings. The summed E-state index contributed by atoms with van der Waals surface area (Å²) in [5, 5.41) is 0. The Morgan fingerprint density at radius 3 is 2.21 bits per heavy atom. The number of carbonyl (C=O) groups excluding carboxylic acids is 1. The van der Waals surface area contributed by atoms with Gasteiger partial charge in [-0.2, -0.15) is 0 Å². The average molecular weight is 595 g/mol. The predicted octanol–water partition coefficient (Wildman–Crippen LogP) is 9.98. The SMILES string of the molecule is CCCC[C@@](C)(C(C)C)[C@H]1CC[C@@H]2[C@H]3[C@H](C4(C)CC4)CC[C@]3(C(=O)N3CCC[C@H]3CN3CCCC3)CC[C@@]2(C)[C@]1(C)CC. The van der Waals surface area contributed by atoms with Gasteiger partial charge in [0.05, 0.1) is 5.41 Å². The quantitative estimate of drug-likeness (QED) is 0.251. The Labute approximate surface area is 267 Å². The first kappa shape index (κ1) is 32.4. The van der Waals surface area contributed by atoms with Gasteiger partial charge in [-0.25, -0.2) is 0 Å². The minimum Gasteiger partial charge on any atom is -0.338 e. The van der Waals surface area contributed by atoms with Gasteiger partial charge in [0.15, 0.2) is 0 Å². The van der Waals surface area contributed by atoms with E-state index in [1.54, 1.807) is 0 Å². The lowest BCUT2D eigenvalue weighted by molar-refractivity contribution is -0.205. The smallest absolute Gasteiger partial charge is 0.229 e. The Morgan fingerprint density at radius 2 is 1.58 bits per heavy atom. The lowest BCUT2D eigenvalue weighted by Gasteiger charge is -2.68. The molecule has 0 bridgehead atoms. The van der Waals surface area contributed by atoms with Crippen molar-refractivity contribution in [3.63, 3.8) is 0 Å². The molecule has 0 spiro atoms. The molecule has 4 saturated carbocycles. The van der Waals surface area contributed by atoms with Gasteiger partial charge in [-0.05, 0) is 154 Å². The molecule has 6 fully saturated rings. The van der Waals surface area contributed by atoms with Crippen molar-refractivity contribution < 1.29 is 4.79 Å². The Hall–Kier alpha value is -0.570. The molecule has 0 aromatic heterocycles. The second kappa shape index (κ2) is 11.6. The van der Waals surface area contributed by atoms with Crippen LogP contribution in [0.5, 0.6) is 0 Å². The molecule has 6 rings (SSSR count). The lowest BCUT2D eigenvalue weighted by Crippen LogP contribution is -2.64. The summed E-state index contributed by atoms with van der Waals surface area (Å²) in [6.45, 7) is 25.4. The summed E-state index contributed by atoms with van der Waals surface area (Å²) in [6.07, 6.45) is 21.0.